The SMILES string of the molecule is Cl.O=C(CNC(=O)c1cccc(Br)c1)NC1CCNC1. The average molecular weight is 363 g/mol. The van der Waals surface area contributed by atoms with Crippen molar-refractivity contribution in [3.05, 3.63) is 34.3 Å². The molecule has 1 aromatic rings. The van der Waals surface area contributed by atoms with Crippen LogP contribution in [-0.4, -0.2) is 37.5 Å². The van der Waals surface area contributed by atoms with Crippen molar-refractivity contribution in [3.8, 4) is 0 Å². The maximum atomic E-state index is 11.8. The highest BCUT2D eigenvalue weighted by molar-refractivity contribution is 9.10. The quantitative estimate of drug-likeness (QED) is 0.751. The summed E-state index contributed by atoms with van der Waals surface area (Å²) >= 11 is 3.30. The van der Waals surface area contributed by atoms with Gasteiger partial charge in [-0.25, -0.2) is 0 Å². The van der Waals surface area contributed by atoms with E-state index in [1.165, 1.54) is 0 Å². The fourth-order valence-corrected chi connectivity index (χ4v) is 2.35. The first-order chi connectivity index (χ1) is 9.15. The van der Waals surface area contributed by atoms with Gasteiger partial charge in [-0.2, -0.15) is 0 Å². The van der Waals surface area contributed by atoms with Crippen molar-refractivity contribution >= 4 is 40.2 Å². The minimum atomic E-state index is -0.249. The van der Waals surface area contributed by atoms with Crippen LogP contribution in [0, 0.1) is 0 Å². The fraction of sp³-hybridized carbons (Fsp3) is 0.385. The van der Waals surface area contributed by atoms with Crippen molar-refractivity contribution in [1.82, 2.24) is 16.0 Å². The monoisotopic (exact) mass is 361 g/mol. The van der Waals surface area contributed by atoms with Gasteiger partial charge in [-0.3, -0.25) is 9.59 Å². The Morgan fingerprint density at radius 3 is 2.85 bits per heavy atom. The Kier molecular flexibility index (Phi) is 6.98. The topological polar surface area (TPSA) is 70.2 Å². The van der Waals surface area contributed by atoms with Crippen LogP contribution in [0.15, 0.2) is 28.7 Å². The Balaban J connectivity index is 0.00000200. The summed E-state index contributed by atoms with van der Waals surface area (Å²) in [7, 11) is 0. The highest BCUT2D eigenvalue weighted by Gasteiger charge is 2.16. The Morgan fingerprint density at radius 1 is 1.40 bits per heavy atom. The van der Waals surface area contributed by atoms with Crippen LogP contribution in [0.5, 0.6) is 0 Å². The molecule has 20 heavy (non-hydrogen) atoms. The lowest BCUT2D eigenvalue weighted by molar-refractivity contribution is -0.120. The molecule has 1 heterocycles. The predicted octanol–water partition coefficient (Wildman–Crippen LogP) is 1.08. The van der Waals surface area contributed by atoms with Gasteiger partial charge in [0.2, 0.25) is 5.91 Å². The molecule has 2 amide bonds. The molecule has 0 saturated carbocycles. The van der Waals surface area contributed by atoms with Crippen molar-refractivity contribution in [2.75, 3.05) is 19.6 Å². The van der Waals surface area contributed by atoms with Crippen LogP contribution in [0.3, 0.4) is 0 Å². The zero-order valence-corrected chi connectivity index (χ0v) is 13.2. The number of rotatable bonds is 4. The number of benzene rings is 1. The van der Waals surface area contributed by atoms with E-state index in [1.807, 2.05) is 6.07 Å². The number of carbonyl (C=O) groups is 2. The Hall–Kier alpha value is -1.11. The lowest BCUT2D eigenvalue weighted by Gasteiger charge is -2.11. The van der Waals surface area contributed by atoms with Crippen LogP contribution in [0.4, 0.5) is 0 Å². The van der Waals surface area contributed by atoms with E-state index in [9.17, 15) is 9.59 Å². The van der Waals surface area contributed by atoms with Crippen molar-refractivity contribution in [2.45, 2.75) is 12.5 Å². The third-order valence-electron chi connectivity index (χ3n) is 2.92. The summed E-state index contributed by atoms with van der Waals surface area (Å²) < 4.78 is 0.835. The molecule has 1 atom stereocenters. The third kappa shape index (κ3) is 5.11. The van der Waals surface area contributed by atoms with Crippen LogP contribution in [-0.2, 0) is 4.79 Å². The zero-order valence-electron chi connectivity index (χ0n) is 10.8. The normalized spacial score (nSPS) is 17.1. The van der Waals surface area contributed by atoms with Gasteiger partial charge in [-0.15, -0.1) is 12.4 Å². The van der Waals surface area contributed by atoms with E-state index >= 15 is 0 Å². The molecule has 3 N–H and O–H groups in total. The standard InChI is InChI=1S/C13H16BrN3O2.ClH/c14-10-3-1-2-9(6-10)13(19)16-8-12(18)17-11-4-5-15-7-11;/h1-3,6,11,15H,4-5,7-8H2,(H,16,19)(H,17,18);1H. The van der Waals surface area contributed by atoms with Crippen LogP contribution in [0.1, 0.15) is 16.8 Å². The van der Waals surface area contributed by atoms with Crippen LogP contribution in [0.25, 0.3) is 0 Å². The van der Waals surface area contributed by atoms with E-state index in [2.05, 4.69) is 31.9 Å². The highest BCUT2D eigenvalue weighted by Crippen LogP contribution is 2.11. The molecular weight excluding hydrogens is 346 g/mol. The van der Waals surface area contributed by atoms with Crippen molar-refractivity contribution in [2.24, 2.45) is 0 Å². The summed E-state index contributed by atoms with van der Waals surface area (Å²) in [6, 6.07) is 7.22. The molecule has 1 fully saturated rings. The molecule has 7 heteroatoms. The van der Waals surface area contributed by atoms with E-state index < -0.39 is 0 Å². The molecule has 0 spiro atoms. The number of amides is 2. The molecule has 0 radical (unpaired) electrons. The van der Waals surface area contributed by atoms with Crippen LogP contribution in [0.2, 0.25) is 0 Å². The van der Waals surface area contributed by atoms with E-state index in [0.717, 1.165) is 24.0 Å². The van der Waals surface area contributed by atoms with Crippen molar-refractivity contribution in [3.63, 3.8) is 0 Å². The van der Waals surface area contributed by atoms with Gasteiger partial charge in [0, 0.05) is 22.6 Å². The Labute approximate surface area is 132 Å². The van der Waals surface area contributed by atoms with E-state index in [1.54, 1.807) is 18.2 Å². The zero-order chi connectivity index (χ0) is 13.7. The molecule has 0 bridgehead atoms. The van der Waals surface area contributed by atoms with E-state index in [-0.39, 0.29) is 36.8 Å². The van der Waals surface area contributed by atoms with Gasteiger partial charge >= 0.3 is 0 Å². The number of hydrogen-bond acceptors (Lipinski definition) is 3. The first-order valence-electron chi connectivity index (χ1n) is 6.19. The summed E-state index contributed by atoms with van der Waals surface area (Å²) in [6.45, 7) is 1.72. The molecule has 0 aromatic heterocycles. The molecule has 110 valence electrons. The molecule has 1 aliphatic heterocycles. The second-order valence-electron chi connectivity index (χ2n) is 4.45. The van der Waals surface area contributed by atoms with Crippen molar-refractivity contribution in [1.29, 1.82) is 0 Å². The fourth-order valence-electron chi connectivity index (χ4n) is 1.95. The minimum Gasteiger partial charge on any atom is -0.351 e. The summed E-state index contributed by atoms with van der Waals surface area (Å²) in [4.78, 5) is 23.5. The van der Waals surface area contributed by atoms with E-state index in [4.69, 9.17) is 0 Å². The van der Waals surface area contributed by atoms with Gasteiger partial charge in [0.25, 0.3) is 5.91 Å². The second kappa shape index (κ2) is 8.24. The maximum Gasteiger partial charge on any atom is 0.251 e. The number of halogens is 2. The number of nitrogens with one attached hydrogen (secondary N) is 3. The summed E-state index contributed by atoms with van der Waals surface area (Å²) in [5, 5.41) is 8.65. The van der Waals surface area contributed by atoms with Gasteiger partial charge in [-0.1, -0.05) is 22.0 Å². The maximum absolute atomic E-state index is 11.8. The largest absolute Gasteiger partial charge is 0.351 e. The Morgan fingerprint density at radius 2 is 2.20 bits per heavy atom. The van der Waals surface area contributed by atoms with Crippen LogP contribution < -0.4 is 16.0 Å². The second-order valence-corrected chi connectivity index (χ2v) is 5.37. The summed E-state index contributed by atoms with van der Waals surface area (Å²) in [6.07, 6.45) is 0.936. The van der Waals surface area contributed by atoms with Gasteiger partial charge < -0.3 is 16.0 Å². The van der Waals surface area contributed by atoms with Gasteiger partial charge in [-0.05, 0) is 31.2 Å². The predicted molar refractivity (Wildman–Crippen MR) is 83.1 cm³/mol. The molecule has 2 rings (SSSR count). The molecule has 1 aromatic carbocycles. The highest BCUT2D eigenvalue weighted by atomic mass is 79.9. The third-order valence-corrected chi connectivity index (χ3v) is 3.41. The average Bonchev–Trinajstić information content (AvgIpc) is 2.88. The van der Waals surface area contributed by atoms with E-state index in [0.29, 0.717) is 5.56 Å². The molecule has 5 nitrogen and oxygen atoms in total. The molecule has 1 unspecified atom stereocenters. The number of carbonyl (C=O) groups excluding carboxylic acids is 2. The lowest BCUT2D eigenvalue weighted by atomic mass is 10.2. The molecule has 1 saturated heterocycles. The molecular formula is C13H17BrClN3O2. The van der Waals surface area contributed by atoms with Gasteiger partial charge in [0.05, 0.1) is 6.54 Å². The smallest absolute Gasteiger partial charge is 0.251 e. The molecule has 0 aliphatic carbocycles. The Bertz CT molecular complexity index is 478. The van der Waals surface area contributed by atoms with Crippen LogP contribution >= 0.6 is 28.3 Å². The first-order valence-corrected chi connectivity index (χ1v) is 6.98. The van der Waals surface area contributed by atoms with Gasteiger partial charge in [0.15, 0.2) is 0 Å². The minimum absolute atomic E-state index is 0. The lowest BCUT2D eigenvalue weighted by Crippen LogP contribution is -2.42. The van der Waals surface area contributed by atoms with Crippen molar-refractivity contribution < 1.29 is 9.59 Å². The summed E-state index contributed by atoms with van der Waals surface area (Å²) in [5.41, 5.74) is 0.532. The van der Waals surface area contributed by atoms with Gasteiger partial charge in [0.1, 0.15) is 0 Å². The first kappa shape index (κ1) is 16.9. The number of hydrogen-bond donors (Lipinski definition) is 3. The summed E-state index contributed by atoms with van der Waals surface area (Å²) in [5.74, 6) is -0.405. The molecule has 1 aliphatic rings.